The van der Waals surface area contributed by atoms with Crippen LogP contribution in [0, 0.1) is 0 Å². The van der Waals surface area contributed by atoms with Gasteiger partial charge >= 0.3 is 0 Å². The standard InChI is InChI=1S/C11H16O2S/c1-3-6-13-8-10(12)11-9(4-2)5-7-14-11/h5,7H,3-4,6,8H2,1-2H3. The molecule has 0 saturated carbocycles. The van der Waals surface area contributed by atoms with Crippen LogP contribution < -0.4 is 0 Å². The average molecular weight is 212 g/mol. The minimum atomic E-state index is 0.116. The second kappa shape index (κ2) is 5.94. The second-order valence-electron chi connectivity index (χ2n) is 3.10. The lowest BCUT2D eigenvalue weighted by Gasteiger charge is -2.01. The fourth-order valence-electron chi connectivity index (χ4n) is 1.23. The third-order valence-electron chi connectivity index (χ3n) is 1.96. The maximum atomic E-state index is 11.6. The van der Waals surface area contributed by atoms with Gasteiger partial charge in [-0.2, -0.15) is 0 Å². The molecule has 14 heavy (non-hydrogen) atoms. The highest BCUT2D eigenvalue weighted by molar-refractivity contribution is 7.12. The molecule has 1 rings (SSSR count). The zero-order valence-electron chi connectivity index (χ0n) is 8.71. The Labute approximate surface area is 88.9 Å². The Hall–Kier alpha value is -0.670. The van der Waals surface area contributed by atoms with Crippen molar-refractivity contribution < 1.29 is 9.53 Å². The third-order valence-corrected chi connectivity index (χ3v) is 2.96. The maximum absolute atomic E-state index is 11.6. The van der Waals surface area contributed by atoms with Crippen molar-refractivity contribution >= 4 is 17.1 Å². The molecule has 78 valence electrons. The van der Waals surface area contributed by atoms with E-state index in [-0.39, 0.29) is 12.4 Å². The van der Waals surface area contributed by atoms with E-state index in [2.05, 4.69) is 6.92 Å². The molecule has 0 N–H and O–H groups in total. The Morgan fingerprint density at radius 2 is 2.29 bits per heavy atom. The summed E-state index contributed by atoms with van der Waals surface area (Å²) >= 11 is 1.51. The van der Waals surface area contributed by atoms with E-state index in [1.165, 1.54) is 11.3 Å². The molecule has 0 amide bonds. The van der Waals surface area contributed by atoms with Gasteiger partial charge in [0.2, 0.25) is 0 Å². The van der Waals surface area contributed by atoms with E-state index in [1.807, 2.05) is 18.4 Å². The van der Waals surface area contributed by atoms with E-state index < -0.39 is 0 Å². The van der Waals surface area contributed by atoms with Crippen molar-refractivity contribution in [2.45, 2.75) is 26.7 Å². The van der Waals surface area contributed by atoms with Crippen LogP contribution in [0.2, 0.25) is 0 Å². The van der Waals surface area contributed by atoms with Crippen LogP contribution in [0.1, 0.15) is 35.5 Å². The molecule has 0 aliphatic rings. The molecule has 0 bridgehead atoms. The molecule has 3 heteroatoms. The molecule has 1 heterocycles. The van der Waals surface area contributed by atoms with E-state index in [9.17, 15) is 4.79 Å². The molecule has 0 aromatic carbocycles. The molecule has 0 aliphatic carbocycles. The van der Waals surface area contributed by atoms with Crippen LogP contribution in [0.4, 0.5) is 0 Å². The largest absolute Gasteiger partial charge is 0.373 e. The highest BCUT2D eigenvalue weighted by atomic mass is 32.1. The van der Waals surface area contributed by atoms with E-state index in [4.69, 9.17) is 4.74 Å². The van der Waals surface area contributed by atoms with Crippen LogP contribution in [0.5, 0.6) is 0 Å². The highest BCUT2D eigenvalue weighted by Gasteiger charge is 2.11. The zero-order chi connectivity index (χ0) is 10.4. The fraction of sp³-hybridized carbons (Fsp3) is 0.545. The molecule has 0 saturated heterocycles. The Balaban J connectivity index is 2.51. The van der Waals surface area contributed by atoms with Gasteiger partial charge in [0.25, 0.3) is 0 Å². The minimum Gasteiger partial charge on any atom is -0.373 e. The van der Waals surface area contributed by atoms with Gasteiger partial charge in [-0.05, 0) is 29.9 Å². The summed E-state index contributed by atoms with van der Waals surface area (Å²) in [4.78, 5) is 12.5. The van der Waals surface area contributed by atoms with E-state index in [0.29, 0.717) is 6.61 Å². The molecular formula is C11H16O2S. The maximum Gasteiger partial charge on any atom is 0.198 e. The first-order valence-electron chi connectivity index (χ1n) is 4.96. The van der Waals surface area contributed by atoms with E-state index in [1.54, 1.807) is 0 Å². The van der Waals surface area contributed by atoms with Crippen LogP contribution in [0.3, 0.4) is 0 Å². The lowest BCUT2D eigenvalue weighted by molar-refractivity contribution is 0.0764. The first-order chi connectivity index (χ1) is 6.79. The number of thiophene rings is 1. The monoisotopic (exact) mass is 212 g/mol. The molecule has 2 nitrogen and oxygen atoms in total. The highest BCUT2D eigenvalue weighted by Crippen LogP contribution is 2.17. The Bertz CT molecular complexity index is 291. The molecule has 0 spiro atoms. The fourth-order valence-corrected chi connectivity index (χ4v) is 2.16. The number of Topliss-reactive ketones (excluding diaryl/α,β-unsaturated/α-hetero) is 1. The van der Waals surface area contributed by atoms with Crippen LogP contribution in [-0.4, -0.2) is 19.0 Å². The third kappa shape index (κ3) is 2.93. The lowest BCUT2D eigenvalue weighted by atomic mass is 10.1. The van der Waals surface area contributed by atoms with E-state index >= 15 is 0 Å². The normalized spacial score (nSPS) is 10.4. The number of hydrogen-bond acceptors (Lipinski definition) is 3. The lowest BCUT2D eigenvalue weighted by Crippen LogP contribution is -2.09. The predicted octanol–water partition coefficient (Wildman–Crippen LogP) is 2.92. The number of aryl methyl sites for hydroxylation is 1. The number of carbonyl (C=O) groups is 1. The SMILES string of the molecule is CCCOCC(=O)c1sccc1CC. The van der Waals surface area contributed by atoms with Crippen molar-refractivity contribution in [1.29, 1.82) is 0 Å². The van der Waals surface area contributed by atoms with Gasteiger partial charge in [0, 0.05) is 6.61 Å². The Morgan fingerprint density at radius 1 is 1.50 bits per heavy atom. The Kier molecular flexibility index (Phi) is 4.84. The summed E-state index contributed by atoms with van der Waals surface area (Å²) in [6, 6.07) is 2.01. The summed E-state index contributed by atoms with van der Waals surface area (Å²) in [6.07, 6.45) is 1.87. The zero-order valence-corrected chi connectivity index (χ0v) is 9.52. The summed E-state index contributed by atoms with van der Waals surface area (Å²) in [5.74, 6) is 0.116. The predicted molar refractivity (Wildman–Crippen MR) is 59.1 cm³/mol. The molecule has 0 fully saturated rings. The molecular weight excluding hydrogens is 196 g/mol. The quantitative estimate of drug-likeness (QED) is 0.535. The van der Waals surface area contributed by atoms with Gasteiger partial charge in [-0.3, -0.25) is 4.79 Å². The summed E-state index contributed by atoms with van der Waals surface area (Å²) in [5, 5.41) is 1.96. The average Bonchev–Trinajstić information content (AvgIpc) is 2.65. The van der Waals surface area contributed by atoms with Crippen molar-refractivity contribution in [2.75, 3.05) is 13.2 Å². The van der Waals surface area contributed by atoms with Gasteiger partial charge in [-0.1, -0.05) is 13.8 Å². The molecule has 1 aromatic rings. The van der Waals surface area contributed by atoms with Gasteiger partial charge in [-0.25, -0.2) is 0 Å². The molecule has 1 aromatic heterocycles. The first-order valence-corrected chi connectivity index (χ1v) is 5.84. The van der Waals surface area contributed by atoms with Gasteiger partial charge < -0.3 is 4.74 Å². The van der Waals surface area contributed by atoms with Gasteiger partial charge in [0.05, 0.1) is 4.88 Å². The summed E-state index contributed by atoms with van der Waals surface area (Å²) in [5.41, 5.74) is 1.14. The van der Waals surface area contributed by atoms with E-state index in [0.717, 1.165) is 23.3 Å². The molecule has 0 atom stereocenters. The summed E-state index contributed by atoms with van der Waals surface area (Å²) in [7, 11) is 0. The smallest absolute Gasteiger partial charge is 0.198 e. The van der Waals surface area contributed by atoms with Crippen molar-refractivity contribution in [2.24, 2.45) is 0 Å². The van der Waals surface area contributed by atoms with Crippen LogP contribution in [0.25, 0.3) is 0 Å². The van der Waals surface area contributed by atoms with Gasteiger partial charge in [0.15, 0.2) is 5.78 Å². The van der Waals surface area contributed by atoms with Crippen LogP contribution in [0.15, 0.2) is 11.4 Å². The van der Waals surface area contributed by atoms with Crippen molar-refractivity contribution in [3.8, 4) is 0 Å². The minimum absolute atomic E-state index is 0.116. The molecule has 0 aliphatic heterocycles. The van der Waals surface area contributed by atoms with Crippen molar-refractivity contribution in [3.05, 3.63) is 21.9 Å². The number of ether oxygens (including phenoxy) is 1. The molecule has 0 unspecified atom stereocenters. The Morgan fingerprint density at radius 3 is 2.93 bits per heavy atom. The number of rotatable bonds is 6. The van der Waals surface area contributed by atoms with Gasteiger partial charge in [0.1, 0.15) is 6.61 Å². The van der Waals surface area contributed by atoms with Gasteiger partial charge in [-0.15, -0.1) is 11.3 Å². The number of ketones is 1. The first kappa shape index (κ1) is 11.4. The van der Waals surface area contributed by atoms with Crippen molar-refractivity contribution in [1.82, 2.24) is 0 Å². The molecule has 0 radical (unpaired) electrons. The van der Waals surface area contributed by atoms with Crippen LogP contribution >= 0.6 is 11.3 Å². The summed E-state index contributed by atoms with van der Waals surface area (Å²) < 4.78 is 5.23. The van der Waals surface area contributed by atoms with Crippen molar-refractivity contribution in [3.63, 3.8) is 0 Å². The number of carbonyl (C=O) groups excluding carboxylic acids is 1. The second-order valence-corrected chi connectivity index (χ2v) is 4.02. The van der Waals surface area contributed by atoms with Crippen LogP contribution in [-0.2, 0) is 11.2 Å². The topological polar surface area (TPSA) is 26.3 Å². The summed E-state index contributed by atoms with van der Waals surface area (Å²) in [6.45, 7) is 4.98. The number of hydrogen-bond donors (Lipinski definition) is 0.